The van der Waals surface area contributed by atoms with Gasteiger partial charge in [0.1, 0.15) is 6.04 Å². The van der Waals surface area contributed by atoms with E-state index in [9.17, 15) is 18.0 Å². The maximum absolute atomic E-state index is 12.9. The van der Waals surface area contributed by atoms with Gasteiger partial charge in [0, 0.05) is 26.2 Å². The molecular formula is C14H20ClF3N4O. The predicted octanol–water partition coefficient (Wildman–Crippen LogP) is 2.59. The van der Waals surface area contributed by atoms with Crippen LogP contribution in [0.1, 0.15) is 31.3 Å². The molecule has 0 aliphatic carbocycles. The Labute approximate surface area is 138 Å². The third-order valence-electron chi connectivity index (χ3n) is 4.20. The van der Waals surface area contributed by atoms with Crippen molar-refractivity contribution in [2.45, 2.75) is 33.0 Å². The van der Waals surface area contributed by atoms with Crippen molar-refractivity contribution in [2.24, 2.45) is 0 Å². The van der Waals surface area contributed by atoms with Crippen LogP contribution in [0.4, 0.5) is 13.2 Å². The number of carbonyl (C=O) groups excluding carboxylic acids is 1. The molecule has 9 heteroatoms. The summed E-state index contributed by atoms with van der Waals surface area (Å²) in [6, 6.07) is -0.822. The van der Waals surface area contributed by atoms with Crippen LogP contribution < -0.4 is 0 Å². The fourth-order valence-corrected chi connectivity index (χ4v) is 2.94. The quantitative estimate of drug-likeness (QED) is 0.839. The molecule has 130 valence electrons. The summed E-state index contributed by atoms with van der Waals surface area (Å²) in [7, 11) is 0. The van der Waals surface area contributed by atoms with E-state index in [1.807, 2.05) is 6.92 Å². The summed E-state index contributed by atoms with van der Waals surface area (Å²) < 4.78 is 39.7. The molecule has 0 radical (unpaired) electrons. The maximum Gasteiger partial charge on any atom is 0.436 e. The third-order valence-corrected chi connectivity index (χ3v) is 4.65. The van der Waals surface area contributed by atoms with Crippen molar-refractivity contribution in [2.75, 3.05) is 32.7 Å². The first kappa shape index (κ1) is 18.1. The normalized spacial score (nSPS) is 18.3. The Balaban J connectivity index is 2.17. The summed E-state index contributed by atoms with van der Waals surface area (Å²) in [6.45, 7) is 8.61. The summed E-state index contributed by atoms with van der Waals surface area (Å²) >= 11 is 5.74. The van der Waals surface area contributed by atoms with E-state index in [0.29, 0.717) is 13.1 Å². The van der Waals surface area contributed by atoms with Crippen molar-refractivity contribution < 1.29 is 18.0 Å². The van der Waals surface area contributed by atoms with Crippen molar-refractivity contribution in [3.8, 4) is 0 Å². The first-order chi connectivity index (χ1) is 10.7. The zero-order valence-corrected chi connectivity index (χ0v) is 14.1. The number of aromatic nitrogens is 2. The SMILES string of the molecule is CCN1CCN(C(=O)[C@@H](C)n2nc(C(F)(F)F)c(Cl)c2C)CC1. The van der Waals surface area contributed by atoms with E-state index in [1.165, 1.54) is 6.92 Å². The first-order valence-corrected chi connectivity index (χ1v) is 7.87. The Bertz CT molecular complexity index is 579. The number of amides is 1. The van der Waals surface area contributed by atoms with Crippen molar-refractivity contribution >= 4 is 17.5 Å². The highest BCUT2D eigenvalue weighted by Gasteiger charge is 2.39. The predicted molar refractivity (Wildman–Crippen MR) is 80.4 cm³/mol. The highest BCUT2D eigenvalue weighted by molar-refractivity contribution is 6.32. The van der Waals surface area contributed by atoms with E-state index in [4.69, 9.17) is 11.6 Å². The number of piperazine rings is 1. The van der Waals surface area contributed by atoms with Crippen LogP contribution in [0.2, 0.25) is 5.02 Å². The van der Waals surface area contributed by atoms with Gasteiger partial charge in [-0.1, -0.05) is 18.5 Å². The molecule has 1 saturated heterocycles. The van der Waals surface area contributed by atoms with Gasteiger partial charge in [0.15, 0.2) is 5.69 Å². The minimum absolute atomic E-state index is 0.145. The zero-order valence-electron chi connectivity index (χ0n) is 13.3. The third kappa shape index (κ3) is 3.63. The van der Waals surface area contributed by atoms with Crippen LogP contribution in [0.25, 0.3) is 0 Å². The molecule has 1 amide bonds. The van der Waals surface area contributed by atoms with Crippen molar-refractivity contribution in [1.29, 1.82) is 0 Å². The second-order valence-electron chi connectivity index (χ2n) is 5.63. The van der Waals surface area contributed by atoms with Crippen molar-refractivity contribution in [3.05, 3.63) is 16.4 Å². The fourth-order valence-electron chi connectivity index (χ4n) is 2.71. The molecule has 0 spiro atoms. The van der Waals surface area contributed by atoms with Gasteiger partial charge in [-0.05, 0) is 20.4 Å². The van der Waals surface area contributed by atoms with Gasteiger partial charge in [-0.15, -0.1) is 0 Å². The molecule has 1 aromatic heterocycles. The van der Waals surface area contributed by atoms with E-state index < -0.39 is 22.9 Å². The molecule has 1 aliphatic rings. The van der Waals surface area contributed by atoms with Gasteiger partial charge in [0.05, 0.1) is 10.7 Å². The van der Waals surface area contributed by atoms with Crippen molar-refractivity contribution in [1.82, 2.24) is 19.6 Å². The highest BCUT2D eigenvalue weighted by atomic mass is 35.5. The second-order valence-corrected chi connectivity index (χ2v) is 6.00. The van der Waals surface area contributed by atoms with Gasteiger partial charge < -0.3 is 9.80 Å². The van der Waals surface area contributed by atoms with Gasteiger partial charge >= 0.3 is 6.18 Å². The molecule has 1 aromatic rings. The summed E-state index contributed by atoms with van der Waals surface area (Å²) in [5.41, 5.74) is -1.00. The van der Waals surface area contributed by atoms with E-state index >= 15 is 0 Å². The summed E-state index contributed by atoms with van der Waals surface area (Å²) in [4.78, 5) is 16.4. The minimum atomic E-state index is -4.64. The zero-order chi connectivity index (χ0) is 17.4. The van der Waals surface area contributed by atoms with Gasteiger partial charge in [-0.2, -0.15) is 18.3 Å². The van der Waals surface area contributed by atoms with Gasteiger partial charge in [-0.3, -0.25) is 9.48 Å². The number of alkyl halides is 3. The van der Waals surface area contributed by atoms with Crippen LogP contribution in [-0.2, 0) is 11.0 Å². The lowest BCUT2D eigenvalue weighted by atomic mass is 10.2. The molecule has 1 fully saturated rings. The number of halogens is 4. The van der Waals surface area contributed by atoms with Crippen molar-refractivity contribution in [3.63, 3.8) is 0 Å². The van der Waals surface area contributed by atoms with Gasteiger partial charge in [-0.25, -0.2) is 0 Å². The maximum atomic E-state index is 12.9. The lowest BCUT2D eigenvalue weighted by molar-refractivity contribution is -0.142. The average molecular weight is 353 g/mol. The van der Waals surface area contributed by atoms with Gasteiger partial charge in [0.25, 0.3) is 0 Å². The molecule has 23 heavy (non-hydrogen) atoms. The molecule has 0 N–H and O–H groups in total. The summed E-state index contributed by atoms with van der Waals surface area (Å²) in [5.74, 6) is -0.239. The summed E-state index contributed by atoms with van der Waals surface area (Å²) in [5, 5.41) is 3.08. The topological polar surface area (TPSA) is 41.4 Å². The number of hydrogen-bond donors (Lipinski definition) is 0. The van der Waals surface area contributed by atoms with Crippen LogP contribution in [0.5, 0.6) is 0 Å². The molecular weight excluding hydrogens is 333 g/mol. The number of carbonyl (C=O) groups is 1. The van der Waals surface area contributed by atoms with E-state index in [0.717, 1.165) is 24.3 Å². The number of nitrogens with zero attached hydrogens (tertiary/aromatic N) is 4. The molecule has 1 aliphatic heterocycles. The Kier molecular flexibility index (Phi) is 5.25. The standard InChI is InChI=1S/C14H20ClF3N4O/c1-4-20-5-7-21(8-6-20)13(23)10(3)22-9(2)11(15)12(19-22)14(16,17)18/h10H,4-8H2,1-3H3/t10-/m1/s1. The number of likely N-dealkylation sites (N-methyl/N-ethyl adjacent to an activating group) is 1. The van der Waals surface area contributed by atoms with Crippen LogP contribution in [0.15, 0.2) is 0 Å². The number of rotatable bonds is 3. The fraction of sp³-hybridized carbons (Fsp3) is 0.714. The van der Waals surface area contributed by atoms with E-state index in [-0.39, 0.29) is 11.6 Å². The Hall–Kier alpha value is -1.28. The monoisotopic (exact) mass is 352 g/mol. The molecule has 2 rings (SSSR count). The van der Waals surface area contributed by atoms with Crippen LogP contribution in [0, 0.1) is 6.92 Å². The van der Waals surface area contributed by atoms with Crippen LogP contribution in [0.3, 0.4) is 0 Å². The Morgan fingerprint density at radius 3 is 2.30 bits per heavy atom. The molecule has 0 saturated carbocycles. The molecule has 0 aromatic carbocycles. The molecule has 0 bridgehead atoms. The largest absolute Gasteiger partial charge is 0.436 e. The lowest BCUT2D eigenvalue weighted by Gasteiger charge is -2.35. The first-order valence-electron chi connectivity index (χ1n) is 7.49. The van der Waals surface area contributed by atoms with E-state index in [2.05, 4.69) is 10.00 Å². The lowest BCUT2D eigenvalue weighted by Crippen LogP contribution is -2.50. The highest BCUT2D eigenvalue weighted by Crippen LogP contribution is 2.36. The molecule has 1 atom stereocenters. The van der Waals surface area contributed by atoms with Crippen LogP contribution in [-0.4, -0.2) is 58.2 Å². The Morgan fingerprint density at radius 1 is 1.30 bits per heavy atom. The smallest absolute Gasteiger partial charge is 0.338 e. The summed E-state index contributed by atoms with van der Waals surface area (Å²) in [6.07, 6.45) is -4.64. The van der Waals surface area contributed by atoms with Gasteiger partial charge in [0.2, 0.25) is 5.91 Å². The second kappa shape index (κ2) is 6.68. The average Bonchev–Trinajstić information content (AvgIpc) is 2.82. The number of hydrogen-bond acceptors (Lipinski definition) is 3. The molecule has 5 nitrogen and oxygen atoms in total. The Morgan fingerprint density at radius 2 is 1.87 bits per heavy atom. The molecule has 0 unspecified atom stereocenters. The van der Waals surface area contributed by atoms with Crippen LogP contribution >= 0.6 is 11.6 Å². The minimum Gasteiger partial charge on any atom is -0.338 e. The van der Waals surface area contributed by atoms with E-state index in [1.54, 1.807) is 11.8 Å². The molecule has 2 heterocycles.